The number of ether oxygens (including phenoxy) is 1. The third kappa shape index (κ3) is 3.04. The van der Waals surface area contributed by atoms with E-state index in [0.29, 0.717) is 13.2 Å². The van der Waals surface area contributed by atoms with Crippen molar-refractivity contribution in [1.29, 1.82) is 0 Å². The summed E-state index contributed by atoms with van der Waals surface area (Å²) in [7, 11) is 0. The van der Waals surface area contributed by atoms with Crippen molar-refractivity contribution in [3.05, 3.63) is 71.3 Å². The highest BCUT2D eigenvalue weighted by Crippen LogP contribution is 2.26. The van der Waals surface area contributed by atoms with Crippen LogP contribution in [0.3, 0.4) is 0 Å². The van der Waals surface area contributed by atoms with E-state index in [1.54, 1.807) is 0 Å². The minimum absolute atomic E-state index is 0.0493. The number of aryl methyl sites for hydroxylation is 1. The van der Waals surface area contributed by atoms with Gasteiger partial charge in [-0.15, -0.1) is 0 Å². The average Bonchev–Trinajstić information content (AvgIpc) is 2.56. The molecule has 0 aromatic heterocycles. The molecule has 22 heavy (non-hydrogen) atoms. The van der Waals surface area contributed by atoms with Crippen molar-refractivity contribution in [1.82, 2.24) is 4.90 Å². The van der Waals surface area contributed by atoms with Crippen molar-refractivity contribution in [3.8, 4) is 0 Å². The van der Waals surface area contributed by atoms with Gasteiger partial charge in [0.2, 0.25) is 0 Å². The number of benzene rings is 2. The average molecular weight is 295 g/mol. The molecule has 3 nitrogen and oxygen atoms in total. The summed E-state index contributed by atoms with van der Waals surface area (Å²) in [6.45, 7) is 5.22. The number of nitrogens with zero attached hydrogens (tertiary/aromatic N) is 1. The van der Waals surface area contributed by atoms with Crippen LogP contribution in [0.4, 0.5) is 0 Å². The first-order chi connectivity index (χ1) is 10.6. The first-order valence-electron chi connectivity index (χ1n) is 7.69. The Labute approximate surface area is 131 Å². The van der Waals surface area contributed by atoms with Gasteiger partial charge in [-0.25, -0.2) is 0 Å². The maximum atomic E-state index is 12.8. The lowest BCUT2D eigenvalue weighted by Crippen LogP contribution is -2.48. The third-order valence-electron chi connectivity index (χ3n) is 4.16. The number of hydrogen-bond acceptors (Lipinski definition) is 2. The molecule has 1 heterocycles. The molecular formula is C19H21NO2. The fourth-order valence-electron chi connectivity index (χ4n) is 2.77. The number of hydrogen-bond donors (Lipinski definition) is 0. The largest absolute Gasteiger partial charge is 0.370 e. The van der Waals surface area contributed by atoms with Crippen LogP contribution < -0.4 is 0 Å². The Morgan fingerprint density at radius 1 is 1.09 bits per heavy atom. The van der Waals surface area contributed by atoms with Crippen LogP contribution >= 0.6 is 0 Å². The van der Waals surface area contributed by atoms with E-state index in [0.717, 1.165) is 16.7 Å². The molecule has 3 rings (SSSR count). The van der Waals surface area contributed by atoms with Gasteiger partial charge in [0, 0.05) is 5.56 Å². The molecule has 0 spiro atoms. The summed E-state index contributed by atoms with van der Waals surface area (Å²) in [6, 6.07) is 17.9. The van der Waals surface area contributed by atoms with E-state index in [1.807, 2.05) is 61.2 Å². The van der Waals surface area contributed by atoms with Gasteiger partial charge in [0.1, 0.15) is 6.10 Å². The van der Waals surface area contributed by atoms with E-state index in [1.165, 1.54) is 0 Å². The third-order valence-corrected chi connectivity index (χ3v) is 4.16. The normalized spacial score (nSPS) is 21.6. The highest BCUT2D eigenvalue weighted by molar-refractivity contribution is 5.94. The van der Waals surface area contributed by atoms with Crippen LogP contribution in [0.25, 0.3) is 0 Å². The zero-order chi connectivity index (χ0) is 15.5. The van der Waals surface area contributed by atoms with Gasteiger partial charge in [0.25, 0.3) is 5.91 Å². The molecule has 0 saturated carbocycles. The van der Waals surface area contributed by atoms with Crippen molar-refractivity contribution < 1.29 is 9.53 Å². The maximum absolute atomic E-state index is 12.8. The van der Waals surface area contributed by atoms with Crippen LogP contribution in [-0.4, -0.2) is 30.0 Å². The fraction of sp³-hybridized carbons (Fsp3) is 0.316. The van der Waals surface area contributed by atoms with Gasteiger partial charge in [-0.2, -0.15) is 0 Å². The zero-order valence-electron chi connectivity index (χ0n) is 13.0. The molecule has 2 aromatic rings. The Hall–Kier alpha value is -2.13. The first kappa shape index (κ1) is 14.8. The van der Waals surface area contributed by atoms with E-state index in [9.17, 15) is 4.79 Å². The molecule has 1 aliphatic rings. The predicted octanol–water partition coefficient (Wildman–Crippen LogP) is 3.60. The Morgan fingerprint density at radius 3 is 2.45 bits per heavy atom. The van der Waals surface area contributed by atoms with E-state index in [2.05, 4.69) is 12.1 Å². The van der Waals surface area contributed by atoms with E-state index in [4.69, 9.17) is 4.74 Å². The molecule has 0 bridgehead atoms. The standard InChI is InChI=1S/C19H21NO2/c1-14-8-10-17(11-9-14)19(21)20-12-18(22-13-15(20)2)16-6-4-3-5-7-16/h3-11,15,18H,12-13H2,1-2H3. The molecule has 0 aliphatic carbocycles. The SMILES string of the molecule is Cc1ccc(C(=O)N2CC(c3ccccc3)OCC2C)cc1. The quantitative estimate of drug-likeness (QED) is 0.847. The second-order valence-electron chi connectivity index (χ2n) is 5.91. The molecule has 2 aromatic carbocycles. The first-order valence-corrected chi connectivity index (χ1v) is 7.69. The minimum atomic E-state index is -0.0493. The van der Waals surface area contributed by atoms with Crippen molar-refractivity contribution in [3.63, 3.8) is 0 Å². The molecule has 2 unspecified atom stereocenters. The van der Waals surface area contributed by atoms with Crippen LogP contribution in [0.1, 0.15) is 34.5 Å². The van der Waals surface area contributed by atoms with Gasteiger partial charge in [-0.1, -0.05) is 48.0 Å². The van der Waals surface area contributed by atoms with Crippen LogP contribution in [0.2, 0.25) is 0 Å². The Kier molecular flexibility index (Phi) is 4.25. The highest BCUT2D eigenvalue weighted by Gasteiger charge is 2.30. The predicted molar refractivity (Wildman–Crippen MR) is 86.8 cm³/mol. The van der Waals surface area contributed by atoms with E-state index >= 15 is 0 Å². The van der Waals surface area contributed by atoms with Crippen molar-refractivity contribution in [2.24, 2.45) is 0 Å². The second-order valence-corrected chi connectivity index (χ2v) is 5.91. The van der Waals surface area contributed by atoms with Gasteiger partial charge in [-0.3, -0.25) is 4.79 Å². The molecule has 1 aliphatic heterocycles. The zero-order valence-corrected chi connectivity index (χ0v) is 13.0. The number of amides is 1. The Balaban J connectivity index is 1.79. The van der Waals surface area contributed by atoms with Crippen LogP contribution in [-0.2, 0) is 4.74 Å². The summed E-state index contributed by atoms with van der Waals surface area (Å²) >= 11 is 0. The number of morpholine rings is 1. The lowest BCUT2D eigenvalue weighted by molar-refractivity contribution is -0.0486. The van der Waals surface area contributed by atoms with Gasteiger partial charge in [-0.05, 0) is 31.5 Å². The van der Waals surface area contributed by atoms with Gasteiger partial charge in [0.05, 0.1) is 19.2 Å². The van der Waals surface area contributed by atoms with Crippen LogP contribution in [0.5, 0.6) is 0 Å². The number of carbonyl (C=O) groups is 1. The molecular weight excluding hydrogens is 274 g/mol. The molecule has 0 radical (unpaired) electrons. The second kappa shape index (κ2) is 6.32. The van der Waals surface area contributed by atoms with Crippen LogP contribution in [0, 0.1) is 6.92 Å². The maximum Gasteiger partial charge on any atom is 0.254 e. The van der Waals surface area contributed by atoms with Crippen molar-refractivity contribution >= 4 is 5.91 Å². The number of carbonyl (C=O) groups excluding carboxylic acids is 1. The van der Waals surface area contributed by atoms with Gasteiger partial charge >= 0.3 is 0 Å². The summed E-state index contributed by atoms with van der Waals surface area (Å²) in [5.41, 5.74) is 3.02. The molecule has 1 saturated heterocycles. The monoisotopic (exact) mass is 295 g/mol. The lowest BCUT2D eigenvalue weighted by atomic mass is 10.0. The van der Waals surface area contributed by atoms with Crippen LogP contribution in [0.15, 0.2) is 54.6 Å². The van der Waals surface area contributed by atoms with Gasteiger partial charge in [0.15, 0.2) is 0 Å². The molecule has 114 valence electrons. The fourth-order valence-corrected chi connectivity index (χ4v) is 2.77. The summed E-state index contributed by atoms with van der Waals surface area (Å²) in [5.74, 6) is 0.0803. The van der Waals surface area contributed by atoms with E-state index in [-0.39, 0.29) is 18.1 Å². The summed E-state index contributed by atoms with van der Waals surface area (Å²) < 4.78 is 5.92. The van der Waals surface area contributed by atoms with Crippen molar-refractivity contribution in [2.75, 3.05) is 13.2 Å². The van der Waals surface area contributed by atoms with Gasteiger partial charge < -0.3 is 9.64 Å². The summed E-state index contributed by atoms with van der Waals surface area (Å²) in [4.78, 5) is 14.7. The minimum Gasteiger partial charge on any atom is -0.370 e. The summed E-state index contributed by atoms with van der Waals surface area (Å²) in [6.07, 6.45) is -0.0493. The lowest BCUT2D eigenvalue weighted by Gasteiger charge is -2.38. The van der Waals surface area contributed by atoms with Crippen molar-refractivity contribution in [2.45, 2.75) is 26.0 Å². The molecule has 1 amide bonds. The smallest absolute Gasteiger partial charge is 0.254 e. The van der Waals surface area contributed by atoms with E-state index < -0.39 is 0 Å². The molecule has 0 N–H and O–H groups in total. The summed E-state index contributed by atoms with van der Waals surface area (Å²) in [5, 5.41) is 0. The highest BCUT2D eigenvalue weighted by atomic mass is 16.5. The molecule has 3 heteroatoms. The number of rotatable bonds is 2. The Bertz CT molecular complexity index is 636. The Morgan fingerprint density at radius 2 is 1.77 bits per heavy atom. The molecule has 2 atom stereocenters. The molecule has 1 fully saturated rings. The topological polar surface area (TPSA) is 29.5 Å².